The van der Waals surface area contributed by atoms with Gasteiger partial charge in [0.1, 0.15) is 0 Å². The quantitative estimate of drug-likeness (QED) is 0.590. The normalized spacial score (nSPS) is 7.88. The molecule has 0 fully saturated rings. The fourth-order valence-electron chi connectivity index (χ4n) is 0.202. The van der Waals surface area contributed by atoms with E-state index < -0.39 is 0 Å². The Labute approximate surface area is 106 Å². The molecule has 0 aromatic carbocycles. The highest BCUT2D eigenvalue weighted by molar-refractivity contribution is 4.73. The summed E-state index contributed by atoms with van der Waals surface area (Å²) in [6.45, 7) is 14.1. The van der Waals surface area contributed by atoms with Crippen LogP contribution in [0.4, 0.5) is 0 Å². The molecule has 0 spiro atoms. The van der Waals surface area contributed by atoms with Gasteiger partial charge in [0.05, 0.1) is 25.7 Å². The van der Waals surface area contributed by atoms with E-state index >= 15 is 0 Å². The molecule has 0 aliphatic rings. The summed E-state index contributed by atoms with van der Waals surface area (Å²) < 4.78 is 4.77. The van der Waals surface area contributed by atoms with E-state index in [2.05, 4.69) is 13.2 Å². The van der Waals surface area contributed by atoms with Crippen LogP contribution >= 0.6 is 0 Å². The van der Waals surface area contributed by atoms with Gasteiger partial charge >= 0.3 is 0 Å². The van der Waals surface area contributed by atoms with Crippen molar-refractivity contribution in [3.8, 4) is 0 Å². The van der Waals surface area contributed by atoms with Crippen LogP contribution in [-0.2, 0) is 4.74 Å². The van der Waals surface area contributed by atoms with Gasteiger partial charge in [0.15, 0.2) is 0 Å². The van der Waals surface area contributed by atoms with E-state index in [1.54, 1.807) is 24.7 Å². The van der Waals surface area contributed by atoms with Crippen LogP contribution in [0.3, 0.4) is 0 Å². The van der Waals surface area contributed by atoms with E-state index in [9.17, 15) is 0 Å². The number of rotatable bonds is 3. The molecule has 0 rings (SSSR count). The minimum Gasteiger partial charge on any atom is -0.473 e. The third-order valence-corrected chi connectivity index (χ3v) is 0.529. The second-order valence-corrected chi connectivity index (χ2v) is 2.34. The average Bonchev–Trinajstić information content (AvgIpc) is 2.32. The molecule has 0 saturated heterocycles. The van der Waals surface area contributed by atoms with Gasteiger partial charge in [-0.25, -0.2) is 0 Å². The van der Waals surface area contributed by atoms with Gasteiger partial charge in [0.25, 0.3) is 0 Å². The Kier molecular flexibility index (Phi) is 67.9. The first-order valence-corrected chi connectivity index (χ1v) is 5.40. The highest BCUT2D eigenvalue weighted by atomic mass is 16.5. The molecular formula is C14H28O3. The molecule has 0 unspecified atom stereocenters. The van der Waals surface area contributed by atoms with E-state index in [1.807, 2.05) is 39.8 Å². The Morgan fingerprint density at radius 3 is 1.18 bits per heavy atom. The highest BCUT2D eigenvalue weighted by Crippen LogP contribution is 1.76. The first kappa shape index (κ1) is 24.8. The van der Waals surface area contributed by atoms with Gasteiger partial charge in [-0.1, -0.05) is 24.3 Å². The monoisotopic (exact) mass is 244 g/mol. The lowest BCUT2D eigenvalue weighted by atomic mass is 10.7. The molecule has 0 amide bonds. The van der Waals surface area contributed by atoms with Crippen LogP contribution in [0, 0.1) is 0 Å². The van der Waals surface area contributed by atoms with Crippen molar-refractivity contribution in [3.05, 3.63) is 50.0 Å². The third-order valence-electron chi connectivity index (χ3n) is 0.529. The van der Waals surface area contributed by atoms with Gasteiger partial charge in [0, 0.05) is 0 Å². The molecular weight excluding hydrogens is 216 g/mol. The fraction of sp³-hybridized carbons (Fsp3) is 0.429. The Morgan fingerprint density at radius 2 is 1.06 bits per heavy atom. The summed E-state index contributed by atoms with van der Waals surface area (Å²) in [6.07, 6.45) is 10.4. The van der Waals surface area contributed by atoms with E-state index in [-0.39, 0.29) is 13.2 Å². The smallest absolute Gasteiger partial charge is 0.0858 e. The summed E-state index contributed by atoms with van der Waals surface area (Å²) in [7, 11) is 0. The molecule has 17 heavy (non-hydrogen) atoms. The average molecular weight is 244 g/mol. The molecule has 0 bridgehead atoms. The second kappa shape index (κ2) is 46.6. The van der Waals surface area contributed by atoms with Crippen LogP contribution in [0.15, 0.2) is 50.0 Å². The standard InChI is InChI=1S/C6H10O.2C3H6.C2H6O2/c1-3-5-7-6-4-2;2*1-3-2;3-1-2-4/h3-6H,1-2H3;2*3H,1H2,2H3;3-4H,1-2H2. The van der Waals surface area contributed by atoms with E-state index in [4.69, 9.17) is 14.9 Å². The number of aliphatic hydroxyl groups is 2. The predicted octanol–water partition coefficient (Wildman–Crippen LogP) is 3.43. The lowest BCUT2D eigenvalue weighted by Gasteiger charge is -1.82. The van der Waals surface area contributed by atoms with Crippen LogP contribution in [0.1, 0.15) is 27.7 Å². The van der Waals surface area contributed by atoms with Crippen LogP contribution < -0.4 is 0 Å². The molecule has 2 N–H and O–H groups in total. The topological polar surface area (TPSA) is 49.7 Å². The number of allylic oxidation sites excluding steroid dienone is 4. The summed E-state index contributed by atoms with van der Waals surface area (Å²) in [5.74, 6) is 0. The Balaban J connectivity index is -0.0000000726. The van der Waals surface area contributed by atoms with Crippen molar-refractivity contribution in [1.29, 1.82) is 0 Å². The lowest BCUT2D eigenvalue weighted by Crippen LogP contribution is -1.85. The largest absolute Gasteiger partial charge is 0.473 e. The Morgan fingerprint density at radius 1 is 0.824 bits per heavy atom. The SMILES string of the molecule is C=CC.C=CC.CC=COC=CC.OCCO. The first-order valence-electron chi connectivity index (χ1n) is 5.40. The molecule has 0 radical (unpaired) electrons. The van der Waals surface area contributed by atoms with Crippen molar-refractivity contribution < 1.29 is 14.9 Å². The summed E-state index contributed by atoms with van der Waals surface area (Å²) in [5, 5.41) is 15.2. The lowest BCUT2D eigenvalue weighted by molar-refractivity contribution is 0.186. The number of hydrogen-bond acceptors (Lipinski definition) is 3. The predicted molar refractivity (Wildman–Crippen MR) is 76.6 cm³/mol. The zero-order chi connectivity index (χ0) is 14.4. The minimum atomic E-state index is -0.125. The fourth-order valence-corrected chi connectivity index (χ4v) is 0.202. The molecule has 0 atom stereocenters. The van der Waals surface area contributed by atoms with Crippen LogP contribution in [0.2, 0.25) is 0 Å². The van der Waals surface area contributed by atoms with Crippen molar-refractivity contribution in [2.45, 2.75) is 27.7 Å². The zero-order valence-corrected chi connectivity index (χ0v) is 11.6. The maximum atomic E-state index is 7.62. The maximum absolute atomic E-state index is 7.62. The van der Waals surface area contributed by atoms with Gasteiger partial charge in [-0.2, -0.15) is 0 Å². The third kappa shape index (κ3) is 174. The van der Waals surface area contributed by atoms with E-state index in [0.29, 0.717) is 0 Å². The van der Waals surface area contributed by atoms with E-state index in [0.717, 1.165) is 0 Å². The van der Waals surface area contributed by atoms with Gasteiger partial charge < -0.3 is 14.9 Å². The van der Waals surface area contributed by atoms with Crippen LogP contribution in [0.5, 0.6) is 0 Å². The number of aliphatic hydroxyl groups excluding tert-OH is 2. The van der Waals surface area contributed by atoms with Crippen molar-refractivity contribution in [2.24, 2.45) is 0 Å². The summed E-state index contributed by atoms with van der Waals surface area (Å²) >= 11 is 0. The highest BCUT2D eigenvalue weighted by Gasteiger charge is 1.58. The summed E-state index contributed by atoms with van der Waals surface area (Å²) in [5.41, 5.74) is 0. The van der Waals surface area contributed by atoms with Crippen LogP contribution in [0.25, 0.3) is 0 Å². The van der Waals surface area contributed by atoms with E-state index in [1.165, 1.54) is 0 Å². The Hall–Kier alpha value is -1.32. The van der Waals surface area contributed by atoms with Crippen molar-refractivity contribution in [1.82, 2.24) is 0 Å². The molecule has 0 aromatic heterocycles. The maximum Gasteiger partial charge on any atom is 0.0858 e. The van der Waals surface area contributed by atoms with Gasteiger partial charge in [-0.15, -0.1) is 13.2 Å². The second-order valence-electron chi connectivity index (χ2n) is 2.34. The van der Waals surface area contributed by atoms with Gasteiger partial charge in [0.2, 0.25) is 0 Å². The number of hydrogen-bond donors (Lipinski definition) is 2. The molecule has 0 aliphatic carbocycles. The van der Waals surface area contributed by atoms with Gasteiger partial charge in [-0.3, -0.25) is 0 Å². The minimum absolute atomic E-state index is 0.125. The summed E-state index contributed by atoms with van der Waals surface area (Å²) in [6, 6.07) is 0. The molecule has 3 nitrogen and oxygen atoms in total. The van der Waals surface area contributed by atoms with Gasteiger partial charge in [-0.05, 0) is 27.7 Å². The molecule has 102 valence electrons. The molecule has 0 saturated carbocycles. The molecule has 0 aromatic rings. The number of ether oxygens (including phenoxy) is 1. The van der Waals surface area contributed by atoms with Crippen molar-refractivity contribution in [2.75, 3.05) is 13.2 Å². The Bertz CT molecular complexity index is 143. The molecule has 0 heterocycles. The zero-order valence-electron chi connectivity index (χ0n) is 11.6. The molecule has 3 heteroatoms. The summed E-state index contributed by atoms with van der Waals surface area (Å²) in [4.78, 5) is 0. The van der Waals surface area contributed by atoms with Crippen LogP contribution in [-0.4, -0.2) is 23.4 Å². The first-order chi connectivity index (χ1) is 8.16. The molecule has 0 aliphatic heterocycles. The van der Waals surface area contributed by atoms with Crippen molar-refractivity contribution in [3.63, 3.8) is 0 Å². The van der Waals surface area contributed by atoms with Crippen molar-refractivity contribution >= 4 is 0 Å².